The molecular formula is C22H30FN3O2. The van der Waals surface area contributed by atoms with Gasteiger partial charge in [0.2, 0.25) is 0 Å². The van der Waals surface area contributed by atoms with Crippen LogP contribution in [0.1, 0.15) is 47.6 Å². The lowest BCUT2D eigenvalue weighted by Crippen LogP contribution is -2.28. The number of nitrogens with zero attached hydrogens (tertiary/aromatic N) is 2. The first kappa shape index (κ1) is 21.8. The molecule has 1 aliphatic rings. The summed E-state index contributed by atoms with van der Waals surface area (Å²) in [6.07, 6.45) is 5.40. The predicted molar refractivity (Wildman–Crippen MR) is 111 cm³/mol. The van der Waals surface area contributed by atoms with E-state index in [1.807, 2.05) is 27.9 Å². The number of ketones is 1. The van der Waals surface area contributed by atoms with Gasteiger partial charge in [-0.3, -0.25) is 9.59 Å². The van der Waals surface area contributed by atoms with Crippen molar-refractivity contribution in [1.82, 2.24) is 14.8 Å². The van der Waals surface area contributed by atoms with Crippen LogP contribution in [0.3, 0.4) is 0 Å². The topological polar surface area (TPSA) is 56.4 Å². The standard InChI is InChI=1S/C22H30FN3O2/c1-7-18(23)11-17-13-26(10-8-9-25(5)6)22(28)19(17)12-20-14(2)21(16(4)27)15(3)24-20/h7,11-12,24H,8-10,13H2,1-6H3/b17-11+,18-7+,19-12-. The fourth-order valence-electron chi connectivity index (χ4n) is 3.55. The van der Waals surface area contributed by atoms with Crippen molar-refractivity contribution in [3.63, 3.8) is 0 Å². The van der Waals surface area contributed by atoms with Gasteiger partial charge in [0.1, 0.15) is 5.83 Å². The van der Waals surface area contributed by atoms with E-state index in [4.69, 9.17) is 0 Å². The molecule has 5 nitrogen and oxygen atoms in total. The third-order valence-corrected chi connectivity index (χ3v) is 4.96. The first-order chi connectivity index (χ1) is 13.1. The molecule has 0 saturated carbocycles. The summed E-state index contributed by atoms with van der Waals surface area (Å²) in [6, 6.07) is 0. The zero-order chi connectivity index (χ0) is 21.0. The van der Waals surface area contributed by atoms with Crippen LogP contribution in [-0.2, 0) is 4.79 Å². The smallest absolute Gasteiger partial charge is 0.254 e. The molecule has 28 heavy (non-hydrogen) atoms. The van der Waals surface area contributed by atoms with Gasteiger partial charge in [-0.2, -0.15) is 0 Å². The fourth-order valence-corrected chi connectivity index (χ4v) is 3.55. The molecule has 1 N–H and O–H groups in total. The number of carbonyl (C=O) groups excluding carboxylic acids is 2. The van der Waals surface area contributed by atoms with Gasteiger partial charge in [-0.25, -0.2) is 4.39 Å². The summed E-state index contributed by atoms with van der Waals surface area (Å²) in [6.45, 7) is 8.73. The zero-order valence-corrected chi connectivity index (χ0v) is 17.6. The second-order valence-corrected chi connectivity index (χ2v) is 7.50. The quantitative estimate of drug-likeness (QED) is 0.572. The van der Waals surface area contributed by atoms with Crippen molar-refractivity contribution < 1.29 is 14.0 Å². The van der Waals surface area contributed by atoms with Gasteiger partial charge in [0.25, 0.3) is 5.91 Å². The Balaban J connectivity index is 2.42. The van der Waals surface area contributed by atoms with Crippen molar-refractivity contribution in [2.45, 2.75) is 34.1 Å². The number of aromatic amines is 1. The zero-order valence-electron chi connectivity index (χ0n) is 17.6. The number of hydrogen-bond donors (Lipinski definition) is 1. The molecule has 0 radical (unpaired) electrons. The molecule has 1 fully saturated rings. The first-order valence-electron chi connectivity index (χ1n) is 9.54. The number of rotatable bonds is 7. The largest absolute Gasteiger partial charge is 0.358 e. The van der Waals surface area contributed by atoms with E-state index < -0.39 is 0 Å². The van der Waals surface area contributed by atoms with Gasteiger partial charge >= 0.3 is 0 Å². The summed E-state index contributed by atoms with van der Waals surface area (Å²) in [5.74, 6) is -0.493. The number of carbonyl (C=O) groups is 2. The van der Waals surface area contributed by atoms with Crippen LogP contribution in [-0.4, -0.2) is 60.2 Å². The number of H-pyrrole nitrogens is 1. The van der Waals surface area contributed by atoms with Crippen molar-refractivity contribution in [1.29, 1.82) is 0 Å². The minimum atomic E-state index is -0.368. The molecule has 1 saturated heterocycles. The Morgan fingerprint density at radius 1 is 1.32 bits per heavy atom. The first-order valence-corrected chi connectivity index (χ1v) is 9.54. The Morgan fingerprint density at radius 2 is 2.00 bits per heavy atom. The highest BCUT2D eigenvalue weighted by Crippen LogP contribution is 2.29. The predicted octanol–water partition coefficient (Wildman–Crippen LogP) is 3.81. The molecule has 0 aliphatic carbocycles. The third-order valence-electron chi connectivity index (χ3n) is 4.96. The van der Waals surface area contributed by atoms with Crippen molar-refractivity contribution in [2.24, 2.45) is 0 Å². The van der Waals surface area contributed by atoms with Gasteiger partial charge < -0.3 is 14.8 Å². The van der Waals surface area contributed by atoms with Crippen LogP contribution < -0.4 is 0 Å². The van der Waals surface area contributed by atoms with Crippen LogP contribution in [0.25, 0.3) is 6.08 Å². The lowest BCUT2D eigenvalue weighted by Gasteiger charge is -2.16. The SMILES string of the molecule is C\C=C(F)/C=C1\CN(CCCN(C)C)C(=O)\C1=C/c1[nH]c(C)c(C(C)=O)c1C. The van der Waals surface area contributed by atoms with E-state index >= 15 is 0 Å². The van der Waals surface area contributed by atoms with Gasteiger partial charge in [-0.1, -0.05) is 6.08 Å². The van der Waals surface area contributed by atoms with E-state index in [9.17, 15) is 14.0 Å². The minimum absolute atomic E-state index is 0.0188. The number of Topliss-reactive ketones (excluding diaryl/α,β-unsaturated/α-hetero) is 1. The Kier molecular flexibility index (Phi) is 7.13. The number of aryl methyl sites for hydroxylation is 1. The number of nitrogens with one attached hydrogen (secondary N) is 1. The van der Waals surface area contributed by atoms with Gasteiger partial charge in [-0.05, 0) is 78.0 Å². The Hall–Kier alpha value is -2.47. The second-order valence-electron chi connectivity index (χ2n) is 7.50. The fraction of sp³-hybridized carbons (Fsp3) is 0.455. The van der Waals surface area contributed by atoms with E-state index in [0.29, 0.717) is 35.5 Å². The highest BCUT2D eigenvalue weighted by molar-refractivity contribution is 6.06. The number of aromatic nitrogens is 1. The molecule has 0 bridgehead atoms. The monoisotopic (exact) mass is 387 g/mol. The minimum Gasteiger partial charge on any atom is -0.358 e. The molecule has 1 aliphatic heterocycles. The van der Waals surface area contributed by atoms with Crippen LogP contribution in [0.4, 0.5) is 4.39 Å². The number of amides is 1. The Labute approximate surface area is 166 Å². The van der Waals surface area contributed by atoms with Crippen LogP contribution in [0.5, 0.6) is 0 Å². The molecule has 2 rings (SSSR count). The van der Waals surface area contributed by atoms with Crippen molar-refractivity contribution in [3.05, 3.63) is 51.6 Å². The molecule has 1 aromatic heterocycles. The van der Waals surface area contributed by atoms with Gasteiger partial charge in [-0.15, -0.1) is 0 Å². The maximum atomic E-state index is 13.9. The lowest BCUT2D eigenvalue weighted by atomic mass is 10.0. The maximum Gasteiger partial charge on any atom is 0.254 e. The summed E-state index contributed by atoms with van der Waals surface area (Å²) in [5, 5.41) is 0. The molecule has 0 spiro atoms. The Bertz CT molecular complexity index is 859. The number of halogens is 1. The lowest BCUT2D eigenvalue weighted by molar-refractivity contribution is -0.124. The summed E-state index contributed by atoms with van der Waals surface area (Å²) in [5.41, 5.74) is 4.07. The summed E-state index contributed by atoms with van der Waals surface area (Å²) in [4.78, 5) is 31.9. The molecule has 0 aromatic carbocycles. The van der Waals surface area contributed by atoms with Gasteiger partial charge in [0.15, 0.2) is 5.78 Å². The van der Waals surface area contributed by atoms with E-state index in [1.165, 1.54) is 19.1 Å². The van der Waals surface area contributed by atoms with Crippen LogP contribution in [0, 0.1) is 13.8 Å². The summed E-state index contributed by atoms with van der Waals surface area (Å²) >= 11 is 0. The van der Waals surface area contributed by atoms with Crippen LogP contribution in [0.2, 0.25) is 0 Å². The molecule has 0 unspecified atom stereocenters. The number of likely N-dealkylation sites (tertiary alicyclic amines) is 1. The van der Waals surface area contributed by atoms with E-state index in [0.717, 1.165) is 24.2 Å². The van der Waals surface area contributed by atoms with Crippen molar-refractivity contribution >= 4 is 17.8 Å². The van der Waals surface area contributed by atoms with E-state index in [2.05, 4.69) is 9.88 Å². The maximum absolute atomic E-state index is 13.9. The van der Waals surface area contributed by atoms with Crippen molar-refractivity contribution in [3.8, 4) is 0 Å². The molecule has 6 heteroatoms. The van der Waals surface area contributed by atoms with Gasteiger partial charge in [0, 0.05) is 35.6 Å². The molecule has 1 aromatic rings. The summed E-state index contributed by atoms with van der Waals surface area (Å²) < 4.78 is 13.9. The van der Waals surface area contributed by atoms with Crippen molar-refractivity contribution in [2.75, 3.05) is 33.7 Å². The van der Waals surface area contributed by atoms with E-state index in [-0.39, 0.29) is 17.5 Å². The van der Waals surface area contributed by atoms with Crippen LogP contribution >= 0.6 is 0 Å². The molecule has 0 atom stereocenters. The Morgan fingerprint density at radius 3 is 2.54 bits per heavy atom. The summed E-state index contributed by atoms with van der Waals surface area (Å²) in [7, 11) is 3.99. The number of allylic oxidation sites excluding steroid dienone is 3. The molecule has 2 heterocycles. The number of hydrogen-bond acceptors (Lipinski definition) is 3. The molecule has 1 amide bonds. The second kappa shape index (κ2) is 9.15. The van der Waals surface area contributed by atoms with Gasteiger partial charge in [0.05, 0.1) is 0 Å². The molecular weight excluding hydrogens is 357 g/mol. The normalized spacial score (nSPS) is 18.2. The average molecular weight is 387 g/mol. The van der Waals surface area contributed by atoms with Crippen LogP contribution in [0.15, 0.2) is 29.1 Å². The third kappa shape index (κ3) is 4.87. The van der Waals surface area contributed by atoms with E-state index in [1.54, 1.807) is 17.9 Å². The average Bonchev–Trinajstić information content (AvgIpc) is 3.05. The highest BCUT2D eigenvalue weighted by Gasteiger charge is 2.30. The highest BCUT2D eigenvalue weighted by atomic mass is 19.1. The molecule has 152 valence electrons.